The molecule has 0 radical (unpaired) electrons. The number of para-hydroxylation sites is 1. The van der Waals surface area contributed by atoms with Crippen LogP contribution in [0.5, 0.6) is 0 Å². The minimum absolute atomic E-state index is 0.146. The van der Waals surface area contributed by atoms with Crippen molar-refractivity contribution in [2.45, 2.75) is 25.5 Å². The molecule has 1 aliphatic carbocycles. The molecular weight excluding hydrogens is 308 g/mol. The molecule has 0 unspecified atom stereocenters. The van der Waals surface area contributed by atoms with Gasteiger partial charge in [0.1, 0.15) is 18.0 Å². The Hall–Kier alpha value is -2.60. The fraction of sp³-hybridized carbons (Fsp3) is 0.333. The Balaban J connectivity index is 1.55. The number of methoxy groups -OCH3 is 1. The molecule has 1 fully saturated rings. The summed E-state index contributed by atoms with van der Waals surface area (Å²) < 4.78 is 16.0. The van der Waals surface area contributed by atoms with E-state index in [0.29, 0.717) is 11.7 Å². The largest absolute Gasteiger partial charge is 0.459 e. The first-order chi connectivity index (χ1) is 11.7. The highest BCUT2D eigenvalue weighted by Crippen LogP contribution is 2.42. The molecule has 1 atom stereocenters. The third-order valence-electron chi connectivity index (χ3n) is 4.21. The molecule has 0 saturated heterocycles. The van der Waals surface area contributed by atoms with Gasteiger partial charge in [-0.2, -0.15) is 0 Å². The van der Waals surface area contributed by atoms with Gasteiger partial charge in [0.15, 0.2) is 11.5 Å². The number of aromatic nitrogens is 1. The summed E-state index contributed by atoms with van der Waals surface area (Å²) in [5.41, 5.74) is 1.08. The van der Waals surface area contributed by atoms with Gasteiger partial charge in [0.2, 0.25) is 0 Å². The van der Waals surface area contributed by atoms with Gasteiger partial charge < -0.3 is 19.0 Å². The van der Waals surface area contributed by atoms with Crippen molar-refractivity contribution < 1.29 is 18.5 Å². The van der Waals surface area contributed by atoms with Crippen molar-refractivity contribution in [2.24, 2.45) is 5.92 Å². The van der Waals surface area contributed by atoms with Gasteiger partial charge in [0, 0.05) is 18.6 Å². The maximum Gasteiger partial charge on any atom is 0.274 e. The molecule has 1 N–H and O–H groups in total. The molecule has 4 rings (SSSR count). The first-order valence-electron chi connectivity index (χ1n) is 7.98. The van der Waals surface area contributed by atoms with Gasteiger partial charge in [-0.3, -0.25) is 4.79 Å². The van der Waals surface area contributed by atoms with Crippen molar-refractivity contribution in [3.05, 3.63) is 53.6 Å². The predicted molar refractivity (Wildman–Crippen MR) is 86.4 cm³/mol. The number of furan rings is 1. The molecule has 0 spiro atoms. The van der Waals surface area contributed by atoms with E-state index in [1.165, 1.54) is 0 Å². The second-order valence-electron chi connectivity index (χ2n) is 6.09. The van der Waals surface area contributed by atoms with Crippen LogP contribution in [-0.4, -0.2) is 18.2 Å². The van der Waals surface area contributed by atoms with Crippen LogP contribution in [-0.2, 0) is 11.3 Å². The van der Waals surface area contributed by atoms with Crippen LogP contribution in [0.25, 0.3) is 11.0 Å². The minimum atomic E-state index is -0.265. The molecule has 0 aliphatic heterocycles. The number of nitrogens with zero attached hydrogens (tertiary/aromatic N) is 1. The molecule has 2 aromatic heterocycles. The second-order valence-corrected chi connectivity index (χ2v) is 6.09. The van der Waals surface area contributed by atoms with Crippen LogP contribution >= 0.6 is 0 Å². The van der Waals surface area contributed by atoms with Crippen LogP contribution < -0.4 is 5.32 Å². The lowest BCUT2D eigenvalue weighted by Gasteiger charge is -2.14. The molecular formula is C18H18N2O4. The van der Waals surface area contributed by atoms with Gasteiger partial charge in [-0.05, 0) is 30.9 Å². The van der Waals surface area contributed by atoms with Crippen LogP contribution in [0.15, 0.2) is 45.3 Å². The van der Waals surface area contributed by atoms with Crippen molar-refractivity contribution in [2.75, 3.05) is 7.11 Å². The van der Waals surface area contributed by atoms with Crippen molar-refractivity contribution in [3.8, 4) is 0 Å². The Morgan fingerprint density at radius 2 is 2.21 bits per heavy atom. The maximum absolute atomic E-state index is 12.5. The third kappa shape index (κ3) is 2.92. The number of nitrogens with one attached hydrogen (secondary N) is 1. The topological polar surface area (TPSA) is 77.5 Å². The van der Waals surface area contributed by atoms with Gasteiger partial charge in [-0.25, -0.2) is 0 Å². The van der Waals surface area contributed by atoms with E-state index in [0.717, 1.165) is 29.6 Å². The predicted octanol–water partition coefficient (Wildman–Crippen LogP) is 3.45. The fourth-order valence-electron chi connectivity index (χ4n) is 2.85. The van der Waals surface area contributed by atoms with E-state index < -0.39 is 0 Å². The van der Waals surface area contributed by atoms with Gasteiger partial charge >= 0.3 is 0 Å². The van der Waals surface area contributed by atoms with Crippen molar-refractivity contribution in [1.29, 1.82) is 0 Å². The number of ether oxygens (including phenoxy) is 1. The number of benzene rings is 1. The number of carbonyl (C=O) groups is 1. The molecule has 2 heterocycles. The van der Waals surface area contributed by atoms with E-state index in [9.17, 15) is 4.79 Å². The zero-order valence-corrected chi connectivity index (χ0v) is 13.3. The Bertz CT molecular complexity index is 830. The van der Waals surface area contributed by atoms with E-state index >= 15 is 0 Å². The number of carbonyl (C=O) groups excluding carboxylic acids is 1. The van der Waals surface area contributed by atoms with Gasteiger partial charge in [-0.1, -0.05) is 23.4 Å². The lowest BCUT2D eigenvalue weighted by molar-refractivity contribution is 0.0916. The van der Waals surface area contributed by atoms with Crippen LogP contribution in [0.2, 0.25) is 0 Å². The number of fused-ring (bicyclic) bond motifs is 1. The van der Waals surface area contributed by atoms with Gasteiger partial charge in [0.25, 0.3) is 5.91 Å². The van der Waals surface area contributed by atoms with Crippen LogP contribution in [0.4, 0.5) is 0 Å². The Morgan fingerprint density at radius 3 is 2.96 bits per heavy atom. The van der Waals surface area contributed by atoms with Crippen LogP contribution in [0.1, 0.15) is 40.9 Å². The molecule has 124 valence electrons. The number of hydrogen-bond acceptors (Lipinski definition) is 5. The molecule has 1 aromatic carbocycles. The van der Waals surface area contributed by atoms with Crippen molar-refractivity contribution in [1.82, 2.24) is 10.5 Å². The molecule has 6 heteroatoms. The maximum atomic E-state index is 12.5. The van der Waals surface area contributed by atoms with Gasteiger partial charge in [-0.15, -0.1) is 0 Å². The number of hydrogen-bond donors (Lipinski definition) is 1. The summed E-state index contributed by atoms with van der Waals surface area (Å²) in [5, 5.41) is 7.88. The average Bonchev–Trinajstić information content (AvgIpc) is 3.16. The normalized spacial score (nSPS) is 15.5. The molecule has 1 aliphatic rings. The number of amides is 1. The monoisotopic (exact) mass is 326 g/mol. The summed E-state index contributed by atoms with van der Waals surface area (Å²) in [4.78, 5) is 12.5. The summed E-state index contributed by atoms with van der Waals surface area (Å²) in [7, 11) is 1.56. The SMILES string of the molecule is COCc1cc(C(=O)N[C@@H](c2cc3ccccc3o2)C2CC2)no1. The molecule has 1 saturated carbocycles. The van der Waals surface area contributed by atoms with E-state index in [2.05, 4.69) is 10.5 Å². The lowest BCUT2D eigenvalue weighted by Crippen LogP contribution is -2.29. The highest BCUT2D eigenvalue weighted by atomic mass is 16.5. The Morgan fingerprint density at radius 1 is 1.38 bits per heavy atom. The third-order valence-corrected chi connectivity index (χ3v) is 4.21. The summed E-state index contributed by atoms with van der Waals surface area (Å²) in [6.45, 7) is 0.288. The van der Waals surface area contributed by atoms with Crippen molar-refractivity contribution >= 4 is 16.9 Å². The molecule has 3 aromatic rings. The number of rotatable bonds is 6. The average molecular weight is 326 g/mol. The molecule has 1 amide bonds. The summed E-state index contributed by atoms with van der Waals surface area (Å²) in [6.07, 6.45) is 2.16. The zero-order chi connectivity index (χ0) is 16.5. The highest BCUT2D eigenvalue weighted by Gasteiger charge is 2.36. The molecule has 6 nitrogen and oxygen atoms in total. The first-order valence-corrected chi connectivity index (χ1v) is 7.98. The molecule has 24 heavy (non-hydrogen) atoms. The summed E-state index contributed by atoms with van der Waals surface area (Å²) >= 11 is 0. The smallest absolute Gasteiger partial charge is 0.274 e. The van der Waals surface area contributed by atoms with E-state index in [-0.39, 0.29) is 24.2 Å². The van der Waals surface area contributed by atoms with Crippen molar-refractivity contribution in [3.63, 3.8) is 0 Å². The zero-order valence-electron chi connectivity index (χ0n) is 13.3. The van der Waals surface area contributed by atoms with Crippen LogP contribution in [0, 0.1) is 5.92 Å². The van der Waals surface area contributed by atoms with Gasteiger partial charge in [0.05, 0.1) is 6.04 Å². The van der Waals surface area contributed by atoms with E-state index in [4.69, 9.17) is 13.7 Å². The highest BCUT2D eigenvalue weighted by molar-refractivity contribution is 5.92. The standard InChI is InChI=1S/C18H18N2O4/c1-22-10-13-9-14(20-24-13)18(21)19-17(11-6-7-11)16-8-12-4-2-3-5-15(12)23-16/h2-5,8-9,11,17H,6-7,10H2,1H3,(H,19,21)/t17-/m1/s1. The minimum Gasteiger partial charge on any atom is -0.459 e. The van der Waals surface area contributed by atoms with E-state index in [1.807, 2.05) is 30.3 Å². The van der Waals surface area contributed by atoms with Crippen LogP contribution in [0.3, 0.4) is 0 Å². The first kappa shape index (κ1) is 15.0. The Kier molecular flexibility index (Phi) is 3.82. The summed E-state index contributed by atoms with van der Waals surface area (Å²) in [6, 6.07) is 11.3. The lowest BCUT2D eigenvalue weighted by atomic mass is 10.1. The summed E-state index contributed by atoms with van der Waals surface area (Å²) in [5.74, 6) is 1.44. The van der Waals surface area contributed by atoms with E-state index in [1.54, 1.807) is 13.2 Å². The quantitative estimate of drug-likeness (QED) is 0.750. The fourth-order valence-corrected chi connectivity index (χ4v) is 2.85. The Labute approximate surface area is 138 Å². The second kappa shape index (κ2) is 6.13. The molecule has 0 bridgehead atoms.